The fourth-order valence-electron chi connectivity index (χ4n) is 3.37. The smallest absolute Gasteiger partial charge is 0.284 e. The van der Waals surface area contributed by atoms with E-state index in [0.717, 1.165) is 4.68 Å². The molecular formula is C22H21FN6O3. The van der Waals surface area contributed by atoms with Gasteiger partial charge in [0.15, 0.2) is 0 Å². The molecule has 3 heterocycles. The maximum atomic E-state index is 15.0. The average Bonchev–Trinajstić information content (AvgIpc) is 3.19. The summed E-state index contributed by atoms with van der Waals surface area (Å²) in [6.07, 6.45) is 4.59. The zero-order valence-electron chi connectivity index (χ0n) is 17.7. The van der Waals surface area contributed by atoms with Crippen molar-refractivity contribution in [2.75, 3.05) is 13.7 Å². The number of fused-ring (bicyclic) bond motifs is 1. The van der Waals surface area contributed by atoms with Gasteiger partial charge in [0, 0.05) is 43.4 Å². The second-order valence-electron chi connectivity index (χ2n) is 7.39. The van der Waals surface area contributed by atoms with Gasteiger partial charge in [0.1, 0.15) is 17.1 Å². The van der Waals surface area contributed by atoms with Crippen LogP contribution in [0.15, 0.2) is 53.7 Å². The van der Waals surface area contributed by atoms with Crippen LogP contribution in [0.5, 0.6) is 0 Å². The highest BCUT2D eigenvalue weighted by atomic mass is 19.1. The number of hydrogen-bond acceptors (Lipinski definition) is 6. The van der Waals surface area contributed by atoms with Crippen molar-refractivity contribution in [2.45, 2.75) is 13.0 Å². The number of ether oxygens (including phenoxy) is 1. The molecule has 0 saturated heterocycles. The molecule has 32 heavy (non-hydrogen) atoms. The third-order valence-corrected chi connectivity index (χ3v) is 4.85. The van der Waals surface area contributed by atoms with Gasteiger partial charge in [0.05, 0.1) is 30.2 Å². The molecule has 0 bridgehead atoms. The van der Waals surface area contributed by atoms with Crippen molar-refractivity contribution in [3.63, 3.8) is 0 Å². The second kappa shape index (κ2) is 8.67. The Labute approximate surface area is 182 Å². The van der Waals surface area contributed by atoms with E-state index in [2.05, 4.69) is 20.5 Å². The van der Waals surface area contributed by atoms with Crippen LogP contribution in [0.4, 0.5) is 4.39 Å². The summed E-state index contributed by atoms with van der Waals surface area (Å²) in [6.45, 7) is 2.02. The highest BCUT2D eigenvalue weighted by Gasteiger charge is 2.21. The SMILES string of the molecule is COC[C@H](C)NC(=O)c1cc(-c2cc3cccnc3cc2F)nn(-c2cnn(C)c2)c1=O. The summed E-state index contributed by atoms with van der Waals surface area (Å²) in [6, 6.07) is 7.38. The molecule has 3 aromatic heterocycles. The fourth-order valence-corrected chi connectivity index (χ4v) is 3.37. The van der Waals surface area contributed by atoms with Crippen molar-refractivity contribution >= 4 is 16.8 Å². The molecular weight excluding hydrogens is 415 g/mol. The van der Waals surface area contributed by atoms with Gasteiger partial charge < -0.3 is 10.1 Å². The minimum Gasteiger partial charge on any atom is -0.383 e. The minimum absolute atomic E-state index is 0.126. The minimum atomic E-state index is -0.647. The summed E-state index contributed by atoms with van der Waals surface area (Å²) in [5.74, 6) is -1.18. The molecule has 4 rings (SSSR count). The van der Waals surface area contributed by atoms with Crippen LogP contribution in [0, 0.1) is 5.82 Å². The van der Waals surface area contributed by atoms with Crippen LogP contribution in [0.2, 0.25) is 0 Å². The van der Waals surface area contributed by atoms with Crippen molar-refractivity contribution in [3.05, 3.63) is 70.7 Å². The lowest BCUT2D eigenvalue weighted by molar-refractivity contribution is 0.0903. The lowest BCUT2D eigenvalue weighted by Crippen LogP contribution is -2.39. The number of aryl methyl sites for hydroxylation is 1. The Morgan fingerprint density at radius 1 is 1.31 bits per heavy atom. The number of hydrogen-bond donors (Lipinski definition) is 1. The Hall–Kier alpha value is -3.92. The molecule has 1 amide bonds. The second-order valence-corrected chi connectivity index (χ2v) is 7.39. The van der Waals surface area contributed by atoms with E-state index < -0.39 is 17.3 Å². The van der Waals surface area contributed by atoms with Crippen LogP contribution in [0.1, 0.15) is 17.3 Å². The zero-order valence-corrected chi connectivity index (χ0v) is 17.7. The lowest BCUT2D eigenvalue weighted by atomic mass is 10.1. The number of carbonyl (C=O) groups is 1. The largest absolute Gasteiger partial charge is 0.383 e. The Balaban J connectivity index is 1.90. The molecule has 0 aliphatic rings. The van der Waals surface area contributed by atoms with Gasteiger partial charge in [-0.15, -0.1) is 0 Å². The summed E-state index contributed by atoms with van der Waals surface area (Å²) in [4.78, 5) is 30.1. The highest BCUT2D eigenvalue weighted by Crippen LogP contribution is 2.26. The van der Waals surface area contributed by atoms with Crippen LogP contribution in [-0.4, -0.2) is 50.2 Å². The van der Waals surface area contributed by atoms with Gasteiger partial charge in [-0.25, -0.2) is 4.39 Å². The molecule has 0 fully saturated rings. The number of nitrogens with zero attached hydrogens (tertiary/aromatic N) is 5. The Bertz CT molecular complexity index is 1360. The van der Waals surface area contributed by atoms with E-state index in [1.54, 1.807) is 44.6 Å². The molecule has 0 spiro atoms. The van der Waals surface area contributed by atoms with Gasteiger partial charge >= 0.3 is 0 Å². The van der Waals surface area contributed by atoms with Crippen molar-refractivity contribution in [1.82, 2.24) is 29.9 Å². The molecule has 1 N–H and O–H groups in total. The van der Waals surface area contributed by atoms with Gasteiger partial charge in [-0.05, 0) is 25.1 Å². The quantitative estimate of drug-likeness (QED) is 0.496. The first-order chi connectivity index (χ1) is 15.4. The average molecular weight is 436 g/mol. The van der Waals surface area contributed by atoms with Crippen molar-refractivity contribution in [3.8, 4) is 16.9 Å². The molecule has 10 heteroatoms. The number of nitrogens with one attached hydrogen (secondary N) is 1. The van der Waals surface area contributed by atoms with Crippen LogP contribution in [0.25, 0.3) is 27.8 Å². The van der Waals surface area contributed by atoms with Crippen LogP contribution in [0.3, 0.4) is 0 Å². The van der Waals surface area contributed by atoms with E-state index in [-0.39, 0.29) is 29.5 Å². The molecule has 9 nitrogen and oxygen atoms in total. The number of methoxy groups -OCH3 is 1. The summed E-state index contributed by atoms with van der Waals surface area (Å²) in [7, 11) is 3.20. The molecule has 4 aromatic rings. The number of pyridine rings is 1. The van der Waals surface area contributed by atoms with Crippen LogP contribution < -0.4 is 10.9 Å². The van der Waals surface area contributed by atoms with Gasteiger partial charge in [-0.1, -0.05) is 6.07 Å². The first-order valence-corrected chi connectivity index (χ1v) is 9.85. The topological polar surface area (TPSA) is 104 Å². The van der Waals surface area contributed by atoms with E-state index in [0.29, 0.717) is 16.6 Å². The maximum Gasteiger partial charge on any atom is 0.284 e. The van der Waals surface area contributed by atoms with Gasteiger partial charge in [-0.3, -0.25) is 19.3 Å². The number of benzene rings is 1. The number of carbonyl (C=O) groups excluding carboxylic acids is 1. The standard InChI is InChI=1S/C22H21FN6O3/c1-13(12-32-3)26-21(30)17-8-20(27-29(22(17)31)15-10-25-28(2)11-15)16-7-14-5-4-6-24-19(14)9-18(16)23/h4-11,13H,12H2,1-3H3,(H,26,30)/t13-/m0/s1. The Kier molecular flexibility index (Phi) is 5.78. The summed E-state index contributed by atoms with van der Waals surface area (Å²) < 4.78 is 22.6. The first-order valence-electron chi connectivity index (χ1n) is 9.85. The summed E-state index contributed by atoms with van der Waals surface area (Å²) in [5.41, 5.74) is 0.282. The molecule has 0 aliphatic carbocycles. The van der Waals surface area contributed by atoms with E-state index in [1.807, 2.05) is 0 Å². The summed E-state index contributed by atoms with van der Waals surface area (Å²) >= 11 is 0. The third kappa shape index (κ3) is 4.12. The monoisotopic (exact) mass is 436 g/mol. The van der Waals surface area contributed by atoms with E-state index in [9.17, 15) is 14.0 Å². The van der Waals surface area contributed by atoms with Gasteiger partial charge in [0.2, 0.25) is 0 Å². The number of halogens is 1. The zero-order chi connectivity index (χ0) is 22.8. The van der Waals surface area contributed by atoms with Crippen molar-refractivity contribution < 1.29 is 13.9 Å². The van der Waals surface area contributed by atoms with E-state index in [4.69, 9.17) is 4.74 Å². The molecule has 0 aliphatic heterocycles. The highest BCUT2D eigenvalue weighted by molar-refractivity contribution is 5.95. The lowest BCUT2D eigenvalue weighted by Gasteiger charge is -2.14. The number of aromatic nitrogens is 5. The molecule has 0 unspecified atom stereocenters. The summed E-state index contributed by atoms with van der Waals surface area (Å²) in [5, 5.41) is 11.8. The molecule has 0 saturated carbocycles. The van der Waals surface area contributed by atoms with E-state index in [1.165, 1.54) is 30.1 Å². The normalized spacial score (nSPS) is 12.1. The van der Waals surface area contributed by atoms with E-state index >= 15 is 0 Å². The predicted molar refractivity (Wildman–Crippen MR) is 116 cm³/mol. The van der Waals surface area contributed by atoms with Crippen molar-refractivity contribution in [1.29, 1.82) is 0 Å². The third-order valence-electron chi connectivity index (χ3n) is 4.85. The number of amides is 1. The Morgan fingerprint density at radius 3 is 2.84 bits per heavy atom. The molecule has 1 aromatic carbocycles. The fraction of sp³-hybridized carbons (Fsp3) is 0.227. The Morgan fingerprint density at radius 2 is 2.12 bits per heavy atom. The maximum absolute atomic E-state index is 15.0. The van der Waals surface area contributed by atoms with Crippen LogP contribution >= 0.6 is 0 Å². The molecule has 164 valence electrons. The van der Waals surface area contributed by atoms with Gasteiger partial charge in [0.25, 0.3) is 11.5 Å². The predicted octanol–water partition coefficient (Wildman–Crippen LogP) is 2.08. The van der Waals surface area contributed by atoms with Crippen LogP contribution in [-0.2, 0) is 11.8 Å². The number of rotatable bonds is 6. The molecule has 0 radical (unpaired) electrons. The first kappa shape index (κ1) is 21.3. The molecule has 1 atom stereocenters. The van der Waals surface area contributed by atoms with Crippen molar-refractivity contribution in [2.24, 2.45) is 7.05 Å². The van der Waals surface area contributed by atoms with Gasteiger partial charge in [-0.2, -0.15) is 14.9 Å².